The summed E-state index contributed by atoms with van der Waals surface area (Å²) in [5.41, 5.74) is 0. The maximum atomic E-state index is 10.4. The van der Waals surface area contributed by atoms with Crippen molar-refractivity contribution in [1.29, 1.82) is 0 Å². The fourth-order valence-corrected chi connectivity index (χ4v) is 4.54. The van der Waals surface area contributed by atoms with E-state index in [1.807, 2.05) is 0 Å². The first-order valence-electron chi connectivity index (χ1n) is 6.73. The van der Waals surface area contributed by atoms with Gasteiger partial charge >= 0.3 is 0 Å². The molecular weight excluding hydrogens is 251 g/mol. The van der Waals surface area contributed by atoms with Crippen LogP contribution in [0.25, 0.3) is 0 Å². The average Bonchev–Trinajstić information content (AvgIpc) is 2.49. The van der Waals surface area contributed by atoms with Crippen LogP contribution < -0.4 is 10.6 Å². The van der Waals surface area contributed by atoms with Crippen LogP contribution in [0.2, 0.25) is 0 Å². The zero-order valence-electron chi connectivity index (χ0n) is 11.0. The molecule has 2 rings (SSSR count). The van der Waals surface area contributed by atoms with Crippen molar-refractivity contribution < 1.29 is 4.79 Å². The van der Waals surface area contributed by atoms with Crippen LogP contribution >= 0.6 is 7.92 Å². The summed E-state index contributed by atoms with van der Waals surface area (Å²) in [6.45, 7) is 0. The molecule has 0 fully saturated rings. The van der Waals surface area contributed by atoms with Crippen molar-refractivity contribution >= 4 is 24.8 Å². The van der Waals surface area contributed by atoms with Gasteiger partial charge in [-0.05, 0) is 37.5 Å². The first-order chi connectivity index (χ1) is 9.42. The number of carbonyl (C=O) groups is 1. The van der Waals surface area contributed by atoms with Gasteiger partial charge in [-0.25, -0.2) is 0 Å². The molecule has 0 aromatic heterocycles. The van der Waals surface area contributed by atoms with Crippen molar-refractivity contribution in [3.05, 3.63) is 60.7 Å². The first-order valence-corrected chi connectivity index (χ1v) is 8.26. The molecule has 0 aliphatic carbocycles. The summed E-state index contributed by atoms with van der Waals surface area (Å²) in [6.07, 6.45) is 4.99. The zero-order chi connectivity index (χ0) is 13.3. The van der Waals surface area contributed by atoms with E-state index in [2.05, 4.69) is 60.7 Å². The summed E-state index contributed by atoms with van der Waals surface area (Å²) >= 11 is 0. The van der Waals surface area contributed by atoms with Crippen LogP contribution in [0, 0.1) is 0 Å². The predicted octanol–water partition coefficient (Wildman–Crippen LogP) is 3.49. The Kier molecular flexibility index (Phi) is 5.78. The summed E-state index contributed by atoms with van der Waals surface area (Å²) in [6, 6.07) is 21.5. The van der Waals surface area contributed by atoms with Gasteiger partial charge in [0.05, 0.1) is 0 Å². The molecule has 2 heteroatoms. The number of carbonyl (C=O) groups excluding carboxylic acids is 1. The zero-order valence-corrected chi connectivity index (χ0v) is 11.9. The van der Waals surface area contributed by atoms with E-state index in [0.29, 0.717) is 6.42 Å². The van der Waals surface area contributed by atoms with E-state index in [-0.39, 0.29) is 7.92 Å². The summed E-state index contributed by atoms with van der Waals surface area (Å²) in [5, 5.41) is 2.85. The Morgan fingerprint density at radius 1 is 0.789 bits per heavy atom. The third-order valence-electron chi connectivity index (χ3n) is 3.09. The molecule has 0 radical (unpaired) electrons. The molecule has 0 unspecified atom stereocenters. The molecule has 2 aromatic rings. The lowest BCUT2D eigenvalue weighted by Gasteiger charge is -2.18. The fraction of sp³-hybridized carbons (Fsp3) is 0.235. The van der Waals surface area contributed by atoms with Crippen molar-refractivity contribution in [3.63, 3.8) is 0 Å². The highest BCUT2D eigenvalue weighted by atomic mass is 31.1. The highest BCUT2D eigenvalue weighted by molar-refractivity contribution is 7.73. The standard InChI is InChI=1S/C17H19OP/c18-14-8-3-9-15-19(16-10-4-1-5-11-16)17-12-6-2-7-13-17/h1-2,4-7,10-14H,3,8-9,15H2. The fourth-order valence-electron chi connectivity index (χ4n) is 2.12. The van der Waals surface area contributed by atoms with Crippen LogP contribution in [0.15, 0.2) is 60.7 Å². The second kappa shape index (κ2) is 7.86. The van der Waals surface area contributed by atoms with E-state index in [9.17, 15) is 4.79 Å². The first kappa shape index (κ1) is 14.0. The van der Waals surface area contributed by atoms with Crippen LogP contribution in [0.5, 0.6) is 0 Å². The summed E-state index contributed by atoms with van der Waals surface area (Å²) in [7, 11) is -0.283. The molecule has 19 heavy (non-hydrogen) atoms. The molecule has 0 aliphatic heterocycles. The summed E-state index contributed by atoms with van der Waals surface area (Å²) in [5.74, 6) is 0. The van der Waals surface area contributed by atoms with E-state index in [0.717, 1.165) is 25.3 Å². The van der Waals surface area contributed by atoms with Gasteiger partial charge in [0.2, 0.25) is 0 Å². The number of unbranched alkanes of at least 4 members (excludes halogenated alkanes) is 2. The van der Waals surface area contributed by atoms with Crippen LogP contribution in [-0.2, 0) is 4.79 Å². The number of benzene rings is 2. The molecule has 0 saturated heterocycles. The molecule has 1 nitrogen and oxygen atoms in total. The second-order valence-corrected chi connectivity index (χ2v) is 6.82. The van der Waals surface area contributed by atoms with Gasteiger partial charge in [-0.2, -0.15) is 0 Å². The highest BCUT2D eigenvalue weighted by Gasteiger charge is 2.12. The van der Waals surface area contributed by atoms with Gasteiger partial charge in [-0.15, -0.1) is 0 Å². The quantitative estimate of drug-likeness (QED) is 0.427. The minimum absolute atomic E-state index is 0.283. The minimum atomic E-state index is -0.283. The van der Waals surface area contributed by atoms with Gasteiger partial charge in [-0.3, -0.25) is 0 Å². The molecule has 0 saturated carbocycles. The monoisotopic (exact) mass is 270 g/mol. The molecule has 0 amide bonds. The van der Waals surface area contributed by atoms with E-state index >= 15 is 0 Å². The maximum Gasteiger partial charge on any atom is 0.119 e. The number of hydrogen-bond acceptors (Lipinski definition) is 1. The smallest absolute Gasteiger partial charge is 0.119 e. The SMILES string of the molecule is O=CCCCCP(c1ccccc1)c1ccccc1. The molecule has 0 atom stereocenters. The normalized spacial score (nSPS) is 10.6. The Bertz CT molecular complexity index is 442. The van der Waals surface area contributed by atoms with Crippen molar-refractivity contribution in [2.75, 3.05) is 6.16 Å². The van der Waals surface area contributed by atoms with Crippen molar-refractivity contribution in [2.24, 2.45) is 0 Å². The molecule has 0 spiro atoms. The molecular formula is C17H19OP. The van der Waals surface area contributed by atoms with Crippen LogP contribution in [0.1, 0.15) is 19.3 Å². The maximum absolute atomic E-state index is 10.4. The average molecular weight is 270 g/mol. The Morgan fingerprint density at radius 3 is 1.79 bits per heavy atom. The Balaban J connectivity index is 2.12. The topological polar surface area (TPSA) is 17.1 Å². The number of aldehydes is 1. The van der Waals surface area contributed by atoms with Crippen molar-refractivity contribution in [1.82, 2.24) is 0 Å². The van der Waals surface area contributed by atoms with Crippen LogP contribution in [0.4, 0.5) is 0 Å². The van der Waals surface area contributed by atoms with E-state index in [1.165, 1.54) is 10.6 Å². The third kappa shape index (κ3) is 4.29. The Morgan fingerprint density at radius 2 is 1.32 bits per heavy atom. The molecule has 98 valence electrons. The van der Waals surface area contributed by atoms with Crippen LogP contribution in [0.3, 0.4) is 0 Å². The van der Waals surface area contributed by atoms with Crippen LogP contribution in [-0.4, -0.2) is 12.4 Å². The largest absolute Gasteiger partial charge is 0.303 e. The lowest BCUT2D eigenvalue weighted by atomic mass is 10.3. The van der Waals surface area contributed by atoms with Crippen molar-refractivity contribution in [3.8, 4) is 0 Å². The molecule has 0 bridgehead atoms. The molecule has 0 N–H and O–H groups in total. The molecule has 2 aromatic carbocycles. The van der Waals surface area contributed by atoms with Gasteiger partial charge in [0.1, 0.15) is 6.29 Å². The Labute approximate surface area is 116 Å². The van der Waals surface area contributed by atoms with E-state index < -0.39 is 0 Å². The number of rotatable bonds is 7. The van der Waals surface area contributed by atoms with Gasteiger partial charge in [0, 0.05) is 6.42 Å². The van der Waals surface area contributed by atoms with Gasteiger partial charge in [-0.1, -0.05) is 60.7 Å². The molecule has 0 aliphatic rings. The van der Waals surface area contributed by atoms with Crippen molar-refractivity contribution in [2.45, 2.75) is 19.3 Å². The van der Waals surface area contributed by atoms with Gasteiger partial charge < -0.3 is 4.79 Å². The van der Waals surface area contributed by atoms with E-state index in [4.69, 9.17) is 0 Å². The lowest BCUT2D eigenvalue weighted by molar-refractivity contribution is -0.107. The Hall–Kier alpha value is -1.46. The predicted molar refractivity (Wildman–Crippen MR) is 83.9 cm³/mol. The highest BCUT2D eigenvalue weighted by Crippen LogP contribution is 2.34. The summed E-state index contributed by atoms with van der Waals surface area (Å²) < 4.78 is 0. The number of hydrogen-bond donors (Lipinski definition) is 0. The van der Waals surface area contributed by atoms with Gasteiger partial charge in [0.15, 0.2) is 0 Å². The lowest BCUT2D eigenvalue weighted by Crippen LogP contribution is -2.13. The third-order valence-corrected chi connectivity index (χ3v) is 5.70. The minimum Gasteiger partial charge on any atom is -0.303 e. The molecule has 0 heterocycles. The van der Waals surface area contributed by atoms with Gasteiger partial charge in [0.25, 0.3) is 0 Å². The summed E-state index contributed by atoms with van der Waals surface area (Å²) in [4.78, 5) is 10.4. The second-order valence-electron chi connectivity index (χ2n) is 4.49. The van der Waals surface area contributed by atoms with E-state index in [1.54, 1.807) is 0 Å².